The monoisotopic (exact) mass is 181 g/mol. The van der Waals surface area contributed by atoms with Crippen molar-refractivity contribution >= 4 is 34.5 Å². The normalized spacial score (nSPS) is 8.90. The molecule has 0 radical (unpaired) electrons. The van der Waals surface area contributed by atoms with Crippen LogP contribution >= 0.6 is 22.6 Å². The van der Waals surface area contributed by atoms with Crippen LogP contribution in [0.4, 0.5) is 0 Å². The van der Waals surface area contributed by atoms with Crippen LogP contribution in [0.5, 0.6) is 0 Å². The molecular weight excluding hydrogens is 174 g/mol. The first-order valence-corrected chi connectivity index (χ1v) is 4.34. The van der Waals surface area contributed by atoms with Crippen LogP contribution in [0.25, 0.3) is 0 Å². The van der Waals surface area contributed by atoms with E-state index in [1.807, 2.05) is 0 Å². The molecule has 1 amide bonds. The van der Waals surface area contributed by atoms with E-state index in [1.165, 1.54) is 0 Å². The number of hydrogen-bond acceptors (Lipinski definition) is 4. The molecule has 2 N–H and O–H groups in total. The molecule has 0 aromatic heterocycles. The Kier molecular flexibility index (Phi) is 5.23. The first-order chi connectivity index (χ1) is 4.66. The third-order valence-electron chi connectivity index (χ3n) is 0.725. The summed E-state index contributed by atoms with van der Waals surface area (Å²) >= 11 is 3.64. The molecule has 0 aromatic carbocycles. The average molecular weight is 181 g/mol. The first-order valence-electron chi connectivity index (χ1n) is 2.48. The van der Waals surface area contributed by atoms with E-state index in [1.54, 1.807) is 0 Å². The fraction of sp³-hybridized carbons (Fsp3) is 0.500. The van der Waals surface area contributed by atoms with Crippen LogP contribution in [0.3, 0.4) is 0 Å². The first kappa shape index (κ1) is 9.64. The Balaban J connectivity index is 3.30. The third kappa shape index (κ3) is 5.77. The Morgan fingerprint density at radius 2 is 2.10 bits per heavy atom. The SMILES string of the molecule is O=C(O)CCC(=O)NSS. The molecule has 4 nitrogen and oxygen atoms in total. The molecule has 0 rings (SSSR count). The van der Waals surface area contributed by atoms with E-state index in [0.29, 0.717) is 0 Å². The lowest BCUT2D eigenvalue weighted by molar-refractivity contribution is -0.138. The van der Waals surface area contributed by atoms with Gasteiger partial charge < -0.3 is 5.11 Å². The Labute approximate surface area is 67.3 Å². The molecular formula is C4H7NO3S2. The molecule has 6 heteroatoms. The van der Waals surface area contributed by atoms with Crippen LogP contribution in [0.15, 0.2) is 0 Å². The van der Waals surface area contributed by atoms with Crippen LogP contribution in [-0.4, -0.2) is 17.0 Å². The van der Waals surface area contributed by atoms with Gasteiger partial charge in [0.2, 0.25) is 5.91 Å². The zero-order chi connectivity index (χ0) is 7.98. The van der Waals surface area contributed by atoms with Crippen molar-refractivity contribution < 1.29 is 14.7 Å². The minimum absolute atomic E-state index is 0.00287. The Bertz CT molecular complexity index is 138. The summed E-state index contributed by atoms with van der Waals surface area (Å²) in [4.78, 5) is 20.4. The van der Waals surface area contributed by atoms with Crippen molar-refractivity contribution in [2.45, 2.75) is 12.8 Å². The van der Waals surface area contributed by atoms with E-state index in [0.717, 1.165) is 11.0 Å². The maximum atomic E-state index is 10.5. The van der Waals surface area contributed by atoms with Crippen LogP contribution in [0.1, 0.15) is 12.8 Å². The second-order valence-corrected chi connectivity index (χ2v) is 2.44. The lowest BCUT2D eigenvalue weighted by Crippen LogP contribution is -2.15. The van der Waals surface area contributed by atoms with Crippen molar-refractivity contribution in [3.8, 4) is 0 Å². The Morgan fingerprint density at radius 3 is 2.50 bits per heavy atom. The Morgan fingerprint density at radius 1 is 1.50 bits per heavy atom. The summed E-state index contributed by atoms with van der Waals surface area (Å²) in [5.41, 5.74) is 0. The lowest BCUT2D eigenvalue weighted by Gasteiger charge is -1.95. The molecule has 0 aliphatic heterocycles. The van der Waals surface area contributed by atoms with Gasteiger partial charge in [-0.2, -0.15) is 0 Å². The smallest absolute Gasteiger partial charge is 0.303 e. The van der Waals surface area contributed by atoms with Crippen molar-refractivity contribution in [3.05, 3.63) is 0 Å². The van der Waals surface area contributed by atoms with Crippen LogP contribution in [0, 0.1) is 0 Å². The van der Waals surface area contributed by atoms with Crippen molar-refractivity contribution in [2.24, 2.45) is 0 Å². The molecule has 0 bridgehead atoms. The number of thiol groups is 1. The highest BCUT2D eigenvalue weighted by atomic mass is 33.1. The zero-order valence-corrected chi connectivity index (χ0v) is 6.74. The van der Waals surface area contributed by atoms with Gasteiger partial charge in [0.15, 0.2) is 0 Å². The van der Waals surface area contributed by atoms with Gasteiger partial charge in [-0.1, -0.05) is 11.7 Å². The fourth-order valence-corrected chi connectivity index (χ4v) is 0.832. The van der Waals surface area contributed by atoms with Gasteiger partial charge in [-0.05, 0) is 0 Å². The lowest BCUT2D eigenvalue weighted by atomic mass is 10.3. The van der Waals surface area contributed by atoms with E-state index in [-0.39, 0.29) is 18.7 Å². The summed E-state index contributed by atoms with van der Waals surface area (Å²) in [6.45, 7) is 0. The highest BCUT2D eigenvalue weighted by Gasteiger charge is 2.02. The van der Waals surface area contributed by atoms with Crippen LogP contribution in [-0.2, 0) is 9.59 Å². The molecule has 0 atom stereocenters. The number of carboxylic acid groups (broad SMARTS) is 1. The molecule has 10 heavy (non-hydrogen) atoms. The van der Waals surface area contributed by atoms with E-state index in [2.05, 4.69) is 16.4 Å². The second-order valence-electron chi connectivity index (χ2n) is 1.51. The quantitative estimate of drug-likeness (QED) is 0.335. The van der Waals surface area contributed by atoms with Crippen LogP contribution < -0.4 is 4.72 Å². The van der Waals surface area contributed by atoms with E-state index in [4.69, 9.17) is 5.11 Å². The minimum Gasteiger partial charge on any atom is -0.481 e. The number of carbonyl (C=O) groups is 2. The fourth-order valence-electron chi connectivity index (χ4n) is 0.322. The second kappa shape index (κ2) is 5.43. The molecule has 0 fully saturated rings. The van der Waals surface area contributed by atoms with Crippen molar-refractivity contribution in [1.29, 1.82) is 0 Å². The maximum absolute atomic E-state index is 10.5. The van der Waals surface area contributed by atoms with Gasteiger partial charge in [0.05, 0.1) is 6.42 Å². The summed E-state index contributed by atoms with van der Waals surface area (Å²) in [6, 6.07) is 0. The molecule has 0 saturated carbocycles. The molecule has 0 unspecified atom stereocenters. The molecule has 0 saturated heterocycles. The topological polar surface area (TPSA) is 66.4 Å². The third-order valence-corrected chi connectivity index (χ3v) is 1.32. The number of carbonyl (C=O) groups excluding carboxylic acids is 1. The van der Waals surface area contributed by atoms with E-state index < -0.39 is 5.97 Å². The number of aliphatic carboxylic acids is 1. The molecule has 58 valence electrons. The summed E-state index contributed by atoms with van der Waals surface area (Å²) in [5.74, 6) is -1.29. The van der Waals surface area contributed by atoms with Gasteiger partial charge in [-0.3, -0.25) is 14.3 Å². The average Bonchev–Trinajstić information content (AvgIpc) is 1.85. The highest BCUT2D eigenvalue weighted by Crippen LogP contribution is 1.99. The van der Waals surface area contributed by atoms with Gasteiger partial charge >= 0.3 is 5.97 Å². The molecule has 0 aromatic rings. The number of rotatable bonds is 4. The molecule has 0 spiro atoms. The standard InChI is InChI=1S/C4H7NO3S2/c6-3(5-10-9)1-2-4(7)8/h9H,1-2H2,(H,5,6)(H,7,8). The summed E-state index contributed by atoms with van der Waals surface area (Å²) in [6.07, 6.45) is -0.136. The number of nitrogens with one attached hydrogen (secondary N) is 1. The zero-order valence-electron chi connectivity index (χ0n) is 5.03. The number of amides is 1. The molecule has 0 heterocycles. The molecule has 0 aliphatic carbocycles. The van der Waals surface area contributed by atoms with E-state index in [9.17, 15) is 9.59 Å². The summed E-state index contributed by atoms with van der Waals surface area (Å²) in [5, 5.41) is 8.12. The van der Waals surface area contributed by atoms with Gasteiger partial charge in [-0.25, -0.2) is 0 Å². The number of carboxylic acids is 1. The van der Waals surface area contributed by atoms with Gasteiger partial charge in [0.1, 0.15) is 0 Å². The minimum atomic E-state index is -0.973. The highest BCUT2D eigenvalue weighted by molar-refractivity contribution is 8.68. The van der Waals surface area contributed by atoms with Gasteiger partial charge in [0, 0.05) is 17.4 Å². The van der Waals surface area contributed by atoms with Crippen molar-refractivity contribution in [1.82, 2.24) is 4.72 Å². The van der Waals surface area contributed by atoms with Crippen LogP contribution in [0.2, 0.25) is 0 Å². The largest absolute Gasteiger partial charge is 0.481 e. The molecule has 0 aliphatic rings. The summed E-state index contributed by atoms with van der Waals surface area (Å²) < 4.78 is 2.28. The predicted molar refractivity (Wildman–Crippen MR) is 41.6 cm³/mol. The van der Waals surface area contributed by atoms with Crippen molar-refractivity contribution in [2.75, 3.05) is 0 Å². The predicted octanol–water partition coefficient (Wildman–Crippen LogP) is 0.460. The van der Waals surface area contributed by atoms with E-state index >= 15 is 0 Å². The maximum Gasteiger partial charge on any atom is 0.303 e. The van der Waals surface area contributed by atoms with Crippen molar-refractivity contribution in [3.63, 3.8) is 0 Å². The Hall–Kier alpha value is -0.360. The van der Waals surface area contributed by atoms with Gasteiger partial charge in [0.25, 0.3) is 0 Å². The number of hydrogen-bond donors (Lipinski definition) is 3. The summed E-state index contributed by atoms with van der Waals surface area (Å²) in [7, 11) is 0.863. The van der Waals surface area contributed by atoms with Gasteiger partial charge in [-0.15, -0.1) is 0 Å².